The maximum absolute atomic E-state index is 2.37. The number of nitrogens with zero attached hydrogens (tertiary/aromatic N) is 1. The van der Waals surface area contributed by atoms with Crippen molar-refractivity contribution in [2.75, 3.05) is 4.90 Å². The zero-order chi connectivity index (χ0) is 36.3. The largest absolute Gasteiger partial charge is 0.310 e. The molecule has 0 spiro atoms. The van der Waals surface area contributed by atoms with Crippen LogP contribution in [0.4, 0.5) is 17.1 Å². The van der Waals surface area contributed by atoms with Crippen LogP contribution in [0.1, 0.15) is 0 Å². The molecule has 0 unspecified atom stereocenters. The van der Waals surface area contributed by atoms with E-state index in [4.69, 9.17) is 0 Å². The number of hydrogen-bond donors (Lipinski definition) is 0. The molecule has 2 heterocycles. The van der Waals surface area contributed by atoms with E-state index in [1.54, 1.807) is 0 Å². The zero-order valence-corrected chi connectivity index (χ0v) is 31.4. The summed E-state index contributed by atoms with van der Waals surface area (Å²) < 4.78 is 5.34. The van der Waals surface area contributed by atoms with E-state index in [1.807, 2.05) is 22.7 Å². The molecule has 11 rings (SSSR count). The molecule has 0 radical (unpaired) electrons. The van der Waals surface area contributed by atoms with Gasteiger partial charge >= 0.3 is 0 Å². The van der Waals surface area contributed by atoms with E-state index in [0.717, 1.165) is 17.1 Å². The number of anilines is 3. The average Bonchev–Trinajstić information content (AvgIpc) is 3.84. The van der Waals surface area contributed by atoms with Gasteiger partial charge in [0.2, 0.25) is 0 Å². The molecule has 1 nitrogen and oxygen atoms in total. The van der Waals surface area contributed by atoms with Crippen LogP contribution in [0.15, 0.2) is 200 Å². The highest BCUT2D eigenvalue weighted by Gasteiger charge is 2.16. The molecule has 55 heavy (non-hydrogen) atoms. The van der Waals surface area contributed by atoms with E-state index in [2.05, 4.69) is 205 Å². The second-order valence-electron chi connectivity index (χ2n) is 14.1. The SMILES string of the molecule is c1ccc(-c2cccc(N(c3ccc(-c4ccc5c(ccc6sc7ccccc7c65)c4)cc3)c3ccc(-c4cccc5c4sc4ccccc45)cc3)c2)cc1. The van der Waals surface area contributed by atoms with Crippen LogP contribution in [0.3, 0.4) is 0 Å². The second kappa shape index (κ2) is 13.1. The van der Waals surface area contributed by atoms with Gasteiger partial charge in [-0.3, -0.25) is 0 Å². The molecule has 0 saturated carbocycles. The molecule has 0 aliphatic carbocycles. The Kier molecular flexibility index (Phi) is 7.61. The van der Waals surface area contributed by atoms with Crippen LogP contribution in [-0.2, 0) is 0 Å². The molecule has 3 heteroatoms. The van der Waals surface area contributed by atoms with Crippen LogP contribution in [0.25, 0.3) is 84.5 Å². The van der Waals surface area contributed by atoms with Crippen molar-refractivity contribution in [3.63, 3.8) is 0 Å². The minimum atomic E-state index is 1.11. The molecule has 0 amide bonds. The quantitative estimate of drug-likeness (QED) is 0.164. The molecule has 0 N–H and O–H groups in total. The predicted molar refractivity (Wildman–Crippen MR) is 241 cm³/mol. The molecule has 0 aliphatic heterocycles. The molecule has 0 atom stereocenters. The number of fused-ring (bicyclic) bond motifs is 8. The van der Waals surface area contributed by atoms with E-state index in [-0.39, 0.29) is 0 Å². The smallest absolute Gasteiger partial charge is 0.0467 e. The summed E-state index contributed by atoms with van der Waals surface area (Å²) in [7, 11) is 0. The fourth-order valence-corrected chi connectivity index (χ4v) is 10.6. The van der Waals surface area contributed by atoms with Gasteiger partial charge < -0.3 is 4.90 Å². The lowest BCUT2D eigenvalue weighted by molar-refractivity contribution is 1.28. The van der Waals surface area contributed by atoms with Crippen LogP contribution in [0.2, 0.25) is 0 Å². The Hall–Kier alpha value is -6.52. The molecule has 11 aromatic rings. The summed E-state index contributed by atoms with van der Waals surface area (Å²) in [5.41, 5.74) is 10.6. The highest BCUT2D eigenvalue weighted by Crippen LogP contribution is 2.43. The first-order valence-corrected chi connectivity index (χ1v) is 20.3. The topological polar surface area (TPSA) is 3.24 Å². The fourth-order valence-electron chi connectivity index (χ4n) is 8.20. The molecule has 258 valence electrons. The maximum atomic E-state index is 2.37. The minimum Gasteiger partial charge on any atom is -0.310 e. The molecule has 9 aromatic carbocycles. The van der Waals surface area contributed by atoms with Gasteiger partial charge in [0.1, 0.15) is 0 Å². The van der Waals surface area contributed by atoms with E-state index < -0.39 is 0 Å². The van der Waals surface area contributed by atoms with Crippen molar-refractivity contribution in [1.82, 2.24) is 0 Å². The highest BCUT2D eigenvalue weighted by molar-refractivity contribution is 7.26. The Labute approximate surface area is 327 Å². The summed E-state index contributed by atoms with van der Waals surface area (Å²) >= 11 is 3.75. The minimum absolute atomic E-state index is 1.11. The summed E-state index contributed by atoms with van der Waals surface area (Å²) in [6.45, 7) is 0. The van der Waals surface area contributed by atoms with Crippen LogP contribution >= 0.6 is 22.7 Å². The lowest BCUT2D eigenvalue weighted by Gasteiger charge is -2.26. The van der Waals surface area contributed by atoms with Gasteiger partial charge in [-0.05, 0) is 105 Å². The third-order valence-corrected chi connectivity index (χ3v) is 13.2. The molecular formula is C52H33NS2. The third kappa shape index (κ3) is 5.51. The van der Waals surface area contributed by atoms with Gasteiger partial charge in [0.25, 0.3) is 0 Å². The van der Waals surface area contributed by atoms with Crippen molar-refractivity contribution < 1.29 is 0 Å². The Morgan fingerprint density at radius 3 is 1.71 bits per heavy atom. The Bertz CT molecular complexity index is 3190. The number of hydrogen-bond acceptors (Lipinski definition) is 3. The molecule has 0 bridgehead atoms. The van der Waals surface area contributed by atoms with Crippen LogP contribution in [-0.4, -0.2) is 0 Å². The van der Waals surface area contributed by atoms with Gasteiger partial charge in [0.05, 0.1) is 0 Å². The summed E-state index contributed by atoms with van der Waals surface area (Å²) in [6, 6.07) is 73.3. The summed E-state index contributed by atoms with van der Waals surface area (Å²) in [4.78, 5) is 2.37. The van der Waals surface area contributed by atoms with Gasteiger partial charge in [0, 0.05) is 57.4 Å². The monoisotopic (exact) mass is 735 g/mol. The standard InChI is InChI=1S/C52H33NS2/c1-2-10-34(11-3-1)37-12-8-13-42(33-37)53(41-28-22-36(23-29-41)44-16-9-17-46-45-14-4-6-18-48(45)55-52(44)46)40-26-20-35(21-27-40)38-24-30-43-39(32-38)25-31-50-51(43)47-15-5-7-19-49(47)54-50/h1-33H. The van der Waals surface area contributed by atoms with Crippen LogP contribution < -0.4 is 4.90 Å². The van der Waals surface area contributed by atoms with Crippen molar-refractivity contribution in [1.29, 1.82) is 0 Å². The molecule has 0 fully saturated rings. The van der Waals surface area contributed by atoms with E-state index in [9.17, 15) is 0 Å². The second-order valence-corrected chi connectivity index (χ2v) is 16.2. The normalized spacial score (nSPS) is 11.6. The van der Waals surface area contributed by atoms with E-state index >= 15 is 0 Å². The molecule has 2 aromatic heterocycles. The zero-order valence-electron chi connectivity index (χ0n) is 29.8. The van der Waals surface area contributed by atoms with Crippen LogP contribution in [0, 0.1) is 0 Å². The van der Waals surface area contributed by atoms with Crippen molar-refractivity contribution in [3.05, 3.63) is 200 Å². The lowest BCUT2D eigenvalue weighted by atomic mass is 9.98. The van der Waals surface area contributed by atoms with Gasteiger partial charge in [0.15, 0.2) is 0 Å². The van der Waals surface area contributed by atoms with Gasteiger partial charge in [-0.25, -0.2) is 0 Å². The first-order valence-electron chi connectivity index (χ1n) is 18.7. The van der Waals surface area contributed by atoms with Gasteiger partial charge in [-0.15, -0.1) is 22.7 Å². The van der Waals surface area contributed by atoms with Crippen molar-refractivity contribution >= 4 is 90.9 Å². The maximum Gasteiger partial charge on any atom is 0.0467 e. The fraction of sp³-hybridized carbons (Fsp3) is 0. The predicted octanol–water partition coefficient (Wildman–Crippen LogP) is 16.0. The average molecular weight is 736 g/mol. The van der Waals surface area contributed by atoms with Crippen LogP contribution in [0.5, 0.6) is 0 Å². The van der Waals surface area contributed by atoms with Gasteiger partial charge in [-0.1, -0.05) is 140 Å². The molecule has 0 aliphatic rings. The number of thiophene rings is 2. The van der Waals surface area contributed by atoms with Crippen molar-refractivity contribution in [2.24, 2.45) is 0 Å². The summed E-state index contributed by atoms with van der Waals surface area (Å²) in [5.74, 6) is 0. The van der Waals surface area contributed by atoms with Gasteiger partial charge in [-0.2, -0.15) is 0 Å². The van der Waals surface area contributed by atoms with Crippen molar-refractivity contribution in [2.45, 2.75) is 0 Å². The summed E-state index contributed by atoms with van der Waals surface area (Å²) in [5, 5.41) is 7.93. The molecular weight excluding hydrogens is 703 g/mol. The molecule has 0 saturated heterocycles. The van der Waals surface area contributed by atoms with Crippen molar-refractivity contribution in [3.8, 4) is 33.4 Å². The Morgan fingerprint density at radius 2 is 0.909 bits per heavy atom. The van der Waals surface area contributed by atoms with E-state index in [0.29, 0.717) is 0 Å². The number of benzene rings is 9. The highest BCUT2D eigenvalue weighted by atomic mass is 32.1. The first kappa shape index (κ1) is 32.0. The van der Waals surface area contributed by atoms with E-state index in [1.165, 1.54) is 84.5 Å². The third-order valence-electron chi connectivity index (χ3n) is 10.9. The number of rotatable bonds is 6. The Morgan fingerprint density at radius 1 is 0.309 bits per heavy atom. The summed E-state index contributed by atoms with van der Waals surface area (Å²) in [6.07, 6.45) is 0. The first-order chi connectivity index (χ1) is 27.2. The lowest BCUT2D eigenvalue weighted by Crippen LogP contribution is -2.10. The Balaban J connectivity index is 0.989.